The van der Waals surface area contributed by atoms with Gasteiger partial charge in [0.15, 0.2) is 175 Å². The van der Waals surface area contributed by atoms with E-state index in [0.717, 1.165) is 0 Å². The van der Waals surface area contributed by atoms with Gasteiger partial charge in [-0.3, -0.25) is 0 Å². The highest BCUT2D eigenvalue weighted by Gasteiger charge is 2.47. The molecule has 0 aliphatic heterocycles. The molecular formula is C39H4B2F30N2. The third kappa shape index (κ3) is 9.22. The highest BCUT2D eigenvalue weighted by Crippen LogP contribution is 2.26. The molecule has 0 atom stereocenters. The molecule has 0 bridgehead atoms. The Morgan fingerprint density at radius 1 is 0.205 bits per heavy atom. The van der Waals surface area contributed by atoms with Crippen LogP contribution in [0.1, 0.15) is 0 Å². The Balaban J connectivity index is 0.000000246. The van der Waals surface area contributed by atoms with Gasteiger partial charge in [-0.05, 0) is 0 Å². The van der Waals surface area contributed by atoms with Crippen molar-refractivity contribution in [3.8, 4) is 0 Å². The van der Waals surface area contributed by atoms with Crippen LogP contribution in [0.2, 0.25) is 0 Å². The summed E-state index contributed by atoms with van der Waals surface area (Å²) >= 11 is 0. The van der Waals surface area contributed by atoms with Crippen LogP contribution in [-0.2, 0) is 0 Å². The average Bonchev–Trinajstić information content (AvgIpc) is 3.97. The van der Waals surface area contributed by atoms with Crippen molar-refractivity contribution in [1.29, 1.82) is 0 Å². The summed E-state index contributed by atoms with van der Waals surface area (Å²) in [5.41, 5.74) is -16.1. The van der Waals surface area contributed by atoms with Crippen LogP contribution in [0.4, 0.5) is 132 Å². The van der Waals surface area contributed by atoms with Gasteiger partial charge in [0.05, 0.1) is 6.33 Å². The predicted octanol–water partition coefficient (Wildman–Crippen LogP) is 8.99. The van der Waals surface area contributed by atoms with Crippen molar-refractivity contribution in [2.45, 2.75) is 0 Å². The lowest BCUT2D eigenvalue weighted by atomic mass is 9.36. The summed E-state index contributed by atoms with van der Waals surface area (Å²) in [5.74, 6) is -90.4. The number of aromatic nitrogens is 2. The molecule has 0 aliphatic rings. The SMILES string of the molecule is Fc1c(F)c(F)c(B(c2c(F)c(F)c(F)c(F)c2F)c2c(F)c(F)c(F)c(F)c2F)c(F)c1F.Fc1c(F)c(F)c(B(c2c(F)c(F)c(F)c(F)c2F)c2c(F)c(F)c(F)c(F)c2F)c(F)c1F.c1c[nH]cn1. The normalized spacial score (nSPS) is 11.2. The van der Waals surface area contributed by atoms with Crippen LogP contribution in [0.15, 0.2) is 18.7 Å². The van der Waals surface area contributed by atoms with Crippen molar-refractivity contribution in [2.75, 3.05) is 0 Å². The first kappa shape index (κ1) is 56.5. The first-order valence-corrected chi connectivity index (χ1v) is 17.8. The minimum atomic E-state index is -3.96. The molecule has 0 saturated carbocycles. The van der Waals surface area contributed by atoms with E-state index >= 15 is 0 Å². The van der Waals surface area contributed by atoms with Crippen LogP contribution in [0.25, 0.3) is 0 Å². The Bertz CT molecular complexity index is 2650. The molecule has 34 heteroatoms. The smallest absolute Gasteiger partial charge is 0.265 e. The maximum atomic E-state index is 14.4. The molecule has 0 radical (unpaired) electrons. The molecule has 1 heterocycles. The number of nitrogens with zero attached hydrogens (tertiary/aromatic N) is 1. The number of hydrogen-bond acceptors (Lipinski definition) is 1. The topological polar surface area (TPSA) is 28.7 Å². The number of imidazole rings is 1. The molecule has 7 aromatic rings. The van der Waals surface area contributed by atoms with Gasteiger partial charge < -0.3 is 4.98 Å². The standard InChI is InChI=1S/2C18BF15.C3H4N2/c2*20-4-1(5(21)11(27)16(32)10(4)26)19(2-6(22)12(28)17(33)13(29)7(2)23)3-8(24)14(30)18(34)15(31)9(3)25;1-2-5-3-4-1/h;;1-3H,(H,4,5). The number of H-pyrrole nitrogens is 1. The lowest BCUT2D eigenvalue weighted by Crippen LogP contribution is -2.60. The zero-order valence-electron chi connectivity index (χ0n) is 33.2. The minimum absolute atomic E-state index is 1.62. The second kappa shape index (κ2) is 21.0. The molecule has 0 saturated heterocycles. The number of halogens is 30. The van der Waals surface area contributed by atoms with E-state index < -0.39 is 221 Å². The third-order valence-corrected chi connectivity index (χ3v) is 9.60. The number of aromatic amines is 1. The van der Waals surface area contributed by atoms with Crippen molar-refractivity contribution < 1.29 is 132 Å². The quantitative estimate of drug-likeness (QED) is 0.0767. The monoisotopic (exact) mass is 1090 g/mol. The summed E-state index contributed by atoms with van der Waals surface area (Å²) in [6.45, 7) is -7.92. The van der Waals surface area contributed by atoms with Crippen molar-refractivity contribution >= 4 is 46.2 Å². The van der Waals surface area contributed by atoms with Crippen LogP contribution in [0.3, 0.4) is 0 Å². The number of rotatable bonds is 6. The van der Waals surface area contributed by atoms with Gasteiger partial charge in [-0.15, -0.1) is 0 Å². The van der Waals surface area contributed by atoms with E-state index in [9.17, 15) is 132 Å². The van der Waals surface area contributed by atoms with Crippen LogP contribution in [0, 0.1) is 175 Å². The number of benzene rings is 6. The largest absolute Gasteiger partial charge is 0.351 e. The van der Waals surface area contributed by atoms with E-state index in [1.54, 1.807) is 18.7 Å². The zero-order chi connectivity index (χ0) is 55.5. The molecule has 1 aromatic heterocycles. The summed E-state index contributed by atoms with van der Waals surface area (Å²) in [7, 11) is 0. The summed E-state index contributed by atoms with van der Waals surface area (Å²) in [6.07, 6.45) is 5.08. The van der Waals surface area contributed by atoms with Gasteiger partial charge in [0.25, 0.3) is 13.4 Å². The van der Waals surface area contributed by atoms with Gasteiger partial charge in [0.2, 0.25) is 0 Å². The molecule has 6 aromatic carbocycles. The van der Waals surface area contributed by atoms with Crippen LogP contribution >= 0.6 is 0 Å². The molecule has 7 rings (SSSR count). The lowest BCUT2D eigenvalue weighted by molar-refractivity contribution is 0.380. The fraction of sp³-hybridized carbons (Fsp3) is 0. The van der Waals surface area contributed by atoms with E-state index in [-0.39, 0.29) is 0 Å². The van der Waals surface area contributed by atoms with E-state index in [4.69, 9.17) is 0 Å². The van der Waals surface area contributed by atoms with Gasteiger partial charge in [-0.25, -0.2) is 137 Å². The first-order chi connectivity index (χ1) is 33.8. The van der Waals surface area contributed by atoms with E-state index in [1.165, 1.54) is 0 Å². The molecule has 0 unspecified atom stereocenters. The Kier molecular flexibility index (Phi) is 16.2. The van der Waals surface area contributed by atoms with Gasteiger partial charge in [0.1, 0.15) is 0 Å². The summed E-state index contributed by atoms with van der Waals surface area (Å²) in [4.78, 5) is 6.42. The Labute approximate surface area is 381 Å². The highest BCUT2D eigenvalue weighted by atomic mass is 19.2. The van der Waals surface area contributed by atoms with Crippen molar-refractivity contribution in [3.63, 3.8) is 0 Å². The van der Waals surface area contributed by atoms with Crippen molar-refractivity contribution in [1.82, 2.24) is 9.97 Å². The Morgan fingerprint density at radius 2 is 0.329 bits per heavy atom. The zero-order valence-corrected chi connectivity index (χ0v) is 33.2. The fourth-order valence-corrected chi connectivity index (χ4v) is 6.33. The van der Waals surface area contributed by atoms with Gasteiger partial charge in [-0.1, -0.05) is 0 Å². The Hall–Kier alpha value is -7.44. The molecule has 0 amide bonds. The molecule has 0 fully saturated rings. The van der Waals surface area contributed by atoms with E-state index in [2.05, 4.69) is 9.97 Å². The molecule has 0 spiro atoms. The second-order valence-electron chi connectivity index (χ2n) is 13.5. The van der Waals surface area contributed by atoms with Gasteiger partial charge in [0, 0.05) is 45.2 Å². The minimum Gasteiger partial charge on any atom is -0.351 e. The van der Waals surface area contributed by atoms with E-state index in [0.29, 0.717) is 0 Å². The summed E-state index contributed by atoms with van der Waals surface area (Å²) < 4.78 is 417. The second-order valence-corrected chi connectivity index (χ2v) is 13.5. The fourth-order valence-electron chi connectivity index (χ4n) is 6.33. The molecule has 0 aliphatic carbocycles. The Morgan fingerprint density at radius 3 is 0.411 bits per heavy atom. The van der Waals surface area contributed by atoms with Gasteiger partial charge in [-0.2, -0.15) is 0 Å². The van der Waals surface area contributed by atoms with E-state index in [1.807, 2.05) is 0 Å². The first-order valence-electron chi connectivity index (χ1n) is 17.8. The van der Waals surface area contributed by atoms with Gasteiger partial charge >= 0.3 is 0 Å². The molecule has 2 nitrogen and oxygen atoms in total. The van der Waals surface area contributed by atoms with Crippen molar-refractivity contribution in [3.05, 3.63) is 193 Å². The third-order valence-electron chi connectivity index (χ3n) is 9.60. The number of hydrogen-bond donors (Lipinski definition) is 1. The average molecular weight is 1090 g/mol. The lowest BCUT2D eigenvalue weighted by Gasteiger charge is -2.21. The van der Waals surface area contributed by atoms with Crippen LogP contribution in [0.5, 0.6) is 0 Å². The van der Waals surface area contributed by atoms with Crippen LogP contribution < -0.4 is 32.8 Å². The maximum absolute atomic E-state index is 14.4. The van der Waals surface area contributed by atoms with Crippen molar-refractivity contribution in [2.24, 2.45) is 0 Å². The highest BCUT2D eigenvalue weighted by molar-refractivity contribution is 6.96. The molecular weight excluding hydrogens is 1090 g/mol. The number of nitrogens with one attached hydrogen (secondary N) is 1. The van der Waals surface area contributed by atoms with Crippen LogP contribution in [-0.4, -0.2) is 23.4 Å². The molecule has 73 heavy (non-hydrogen) atoms. The molecule has 386 valence electrons. The summed E-state index contributed by atoms with van der Waals surface area (Å²) in [6, 6.07) is 0. The predicted molar refractivity (Wildman–Crippen MR) is 185 cm³/mol. The maximum Gasteiger partial charge on any atom is 0.265 e. The summed E-state index contributed by atoms with van der Waals surface area (Å²) in [5, 5.41) is 0. The molecule has 1 N–H and O–H groups in total.